The van der Waals surface area contributed by atoms with Gasteiger partial charge in [0, 0.05) is 31.2 Å². The van der Waals surface area contributed by atoms with Gasteiger partial charge in [0.15, 0.2) is 0 Å². The Labute approximate surface area is 116 Å². The number of nitrogens with zero attached hydrogens (tertiary/aromatic N) is 3. The molecule has 3 heteroatoms. The number of hydrogen-bond acceptors (Lipinski definition) is 3. The van der Waals surface area contributed by atoms with Crippen LogP contribution in [0.25, 0.3) is 0 Å². The largest absolute Gasteiger partial charge is 0.296 e. The van der Waals surface area contributed by atoms with Crippen LogP contribution >= 0.6 is 0 Å². The van der Waals surface area contributed by atoms with Crippen LogP contribution < -0.4 is 0 Å². The van der Waals surface area contributed by atoms with Crippen LogP contribution in [0.3, 0.4) is 0 Å². The Morgan fingerprint density at radius 1 is 1.32 bits per heavy atom. The van der Waals surface area contributed by atoms with E-state index in [1.165, 1.54) is 5.56 Å². The van der Waals surface area contributed by atoms with Gasteiger partial charge >= 0.3 is 0 Å². The molecule has 0 aromatic heterocycles. The first-order valence-electron chi connectivity index (χ1n) is 6.89. The first-order chi connectivity index (χ1) is 9.03. The zero-order chi connectivity index (χ0) is 13.9. The van der Waals surface area contributed by atoms with E-state index in [0.29, 0.717) is 12.5 Å². The molecule has 0 N–H and O–H groups in total. The number of likely N-dealkylation sites (N-methyl/N-ethyl adjacent to an activating group) is 1. The molecule has 1 aliphatic heterocycles. The van der Waals surface area contributed by atoms with E-state index in [1.807, 2.05) is 0 Å². The highest BCUT2D eigenvalue weighted by Gasteiger charge is 2.37. The average Bonchev–Trinajstić information content (AvgIpc) is 2.36. The Kier molecular flexibility index (Phi) is 4.24. The first-order valence-corrected chi connectivity index (χ1v) is 6.89. The van der Waals surface area contributed by atoms with E-state index >= 15 is 0 Å². The van der Waals surface area contributed by atoms with Gasteiger partial charge in [0.25, 0.3) is 0 Å². The van der Waals surface area contributed by atoms with Crippen molar-refractivity contribution in [1.29, 1.82) is 5.26 Å². The summed E-state index contributed by atoms with van der Waals surface area (Å²) in [6.45, 7) is 7.51. The maximum Gasteiger partial charge on any atom is 0.0638 e. The summed E-state index contributed by atoms with van der Waals surface area (Å²) < 4.78 is 0. The van der Waals surface area contributed by atoms with Crippen molar-refractivity contribution < 1.29 is 0 Å². The lowest BCUT2D eigenvalue weighted by molar-refractivity contribution is -0.00794. The van der Waals surface area contributed by atoms with Crippen LogP contribution in [0.2, 0.25) is 0 Å². The summed E-state index contributed by atoms with van der Waals surface area (Å²) in [5, 5.41) is 8.99. The van der Waals surface area contributed by atoms with Gasteiger partial charge in [0.2, 0.25) is 0 Å². The lowest BCUT2D eigenvalue weighted by Gasteiger charge is -2.49. The highest BCUT2D eigenvalue weighted by atomic mass is 15.3. The second-order valence-electron chi connectivity index (χ2n) is 6.09. The van der Waals surface area contributed by atoms with Gasteiger partial charge in [-0.05, 0) is 26.5 Å². The highest BCUT2D eigenvalue weighted by Crippen LogP contribution is 2.25. The van der Waals surface area contributed by atoms with E-state index in [2.05, 4.69) is 67.1 Å². The highest BCUT2D eigenvalue weighted by molar-refractivity contribution is 5.15. The summed E-state index contributed by atoms with van der Waals surface area (Å²) in [5.41, 5.74) is 1.47. The quantitative estimate of drug-likeness (QED) is 0.833. The fraction of sp³-hybridized carbons (Fsp3) is 0.562. The van der Waals surface area contributed by atoms with Gasteiger partial charge < -0.3 is 0 Å². The van der Waals surface area contributed by atoms with Crippen LogP contribution in [-0.2, 0) is 6.54 Å². The van der Waals surface area contributed by atoms with Crippen molar-refractivity contribution in [3.05, 3.63) is 35.9 Å². The number of rotatable bonds is 3. The average molecular weight is 257 g/mol. The molecule has 0 radical (unpaired) electrons. The van der Waals surface area contributed by atoms with Crippen molar-refractivity contribution in [2.24, 2.45) is 0 Å². The molecule has 19 heavy (non-hydrogen) atoms. The number of benzene rings is 1. The van der Waals surface area contributed by atoms with Crippen LogP contribution in [0, 0.1) is 11.3 Å². The molecule has 0 bridgehead atoms. The predicted molar refractivity (Wildman–Crippen MR) is 77.6 cm³/mol. The Morgan fingerprint density at radius 2 is 2.00 bits per heavy atom. The topological polar surface area (TPSA) is 30.3 Å². The molecule has 0 amide bonds. The van der Waals surface area contributed by atoms with E-state index in [1.54, 1.807) is 0 Å². The zero-order valence-corrected chi connectivity index (χ0v) is 12.1. The molecule has 1 aromatic rings. The summed E-state index contributed by atoms with van der Waals surface area (Å²) >= 11 is 0. The molecular formula is C16H23N3. The molecule has 1 heterocycles. The van der Waals surface area contributed by atoms with Crippen LogP contribution in [0.4, 0.5) is 0 Å². The monoisotopic (exact) mass is 257 g/mol. The normalized spacial score (nSPS) is 24.0. The van der Waals surface area contributed by atoms with Gasteiger partial charge in [-0.15, -0.1) is 0 Å². The molecule has 1 unspecified atom stereocenters. The third-order valence-electron chi connectivity index (χ3n) is 4.16. The van der Waals surface area contributed by atoms with Crippen LogP contribution in [-0.4, -0.2) is 41.5 Å². The van der Waals surface area contributed by atoms with Crippen molar-refractivity contribution in [3.63, 3.8) is 0 Å². The molecule has 2 rings (SSSR count). The summed E-state index contributed by atoms with van der Waals surface area (Å²) in [6.07, 6.45) is 0.602. The van der Waals surface area contributed by atoms with E-state index in [0.717, 1.165) is 19.6 Å². The fourth-order valence-electron chi connectivity index (χ4n) is 2.91. The second-order valence-corrected chi connectivity index (χ2v) is 6.09. The maximum absolute atomic E-state index is 8.99. The molecule has 102 valence electrons. The van der Waals surface area contributed by atoms with Gasteiger partial charge in [0.05, 0.1) is 12.5 Å². The Morgan fingerprint density at radius 3 is 2.63 bits per heavy atom. The van der Waals surface area contributed by atoms with Crippen molar-refractivity contribution in [2.45, 2.75) is 38.4 Å². The van der Waals surface area contributed by atoms with Crippen LogP contribution in [0.15, 0.2) is 30.3 Å². The molecule has 0 saturated carbocycles. The smallest absolute Gasteiger partial charge is 0.0638 e. The van der Waals surface area contributed by atoms with Gasteiger partial charge in [-0.3, -0.25) is 9.80 Å². The van der Waals surface area contributed by atoms with Crippen molar-refractivity contribution in [1.82, 2.24) is 9.80 Å². The first kappa shape index (κ1) is 14.0. The predicted octanol–water partition coefficient (Wildman–Crippen LogP) is 2.49. The molecule has 1 aromatic carbocycles. The van der Waals surface area contributed by atoms with Crippen molar-refractivity contribution in [2.75, 3.05) is 20.1 Å². The summed E-state index contributed by atoms with van der Waals surface area (Å²) in [7, 11) is 2.14. The van der Waals surface area contributed by atoms with E-state index < -0.39 is 0 Å². The Bertz CT molecular complexity index is 447. The molecule has 1 saturated heterocycles. The molecule has 1 fully saturated rings. The molecule has 0 spiro atoms. The lowest BCUT2D eigenvalue weighted by Crippen LogP contribution is -2.61. The molecule has 3 nitrogen and oxygen atoms in total. The lowest BCUT2D eigenvalue weighted by atomic mass is 9.94. The van der Waals surface area contributed by atoms with Gasteiger partial charge in [-0.1, -0.05) is 30.3 Å². The van der Waals surface area contributed by atoms with E-state index in [-0.39, 0.29) is 5.54 Å². The van der Waals surface area contributed by atoms with E-state index in [9.17, 15) is 0 Å². The second kappa shape index (κ2) is 5.73. The standard InChI is InChI=1S/C16H23N3/c1-16(2)13-19(11-14-7-5-4-6-8-14)12-15(9-10-17)18(16)3/h4-8,15H,9,11-13H2,1-3H3. The minimum atomic E-state index is 0.120. The molecule has 1 aliphatic rings. The minimum absolute atomic E-state index is 0.120. The van der Waals surface area contributed by atoms with Gasteiger partial charge in [-0.2, -0.15) is 5.26 Å². The van der Waals surface area contributed by atoms with Crippen LogP contribution in [0.5, 0.6) is 0 Å². The Hall–Kier alpha value is -1.37. The maximum atomic E-state index is 8.99. The van der Waals surface area contributed by atoms with Crippen LogP contribution in [0.1, 0.15) is 25.8 Å². The fourth-order valence-corrected chi connectivity index (χ4v) is 2.91. The number of hydrogen-bond donors (Lipinski definition) is 0. The SMILES string of the molecule is CN1C(CC#N)CN(Cc2ccccc2)CC1(C)C. The number of piperazine rings is 1. The van der Waals surface area contributed by atoms with E-state index in [4.69, 9.17) is 5.26 Å². The summed E-state index contributed by atoms with van der Waals surface area (Å²) in [5.74, 6) is 0. The van der Waals surface area contributed by atoms with Gasteiger partial charge in [-0.25, -0.2) is 0 Å². The van der Waals surface area contributed by atoms with Crippen molar-refractivity contribution in [3.8, 4) is 6.07 Å². The van der Waals surface area contributed by atoms with Crippen molar-refractivity contribution >= 4 is 0 Å². The molecular weight excluding hydrogens is 234 g/mol. The summed E-state index contributed by atoms with van der Waals surface area (Å²) in [6, 6.07) is 13.2. The molecule has 0 aliphatic carbocycles. The third-order valence-corrected chi connectivity index (χ3v) is 4.16. The minimum Gasteiger partial charge on any atom is -0.296 e. The Balaban J connectivity index is 2.08. The van der Waals surface area contributed by atoms with Gasteiger partial charge in [0.1, 0.15) is 0 Å². The zero-order valence-electron chi connectivity index (χ0n) is 12.1. The molecule has 1 atom stereocenters. The number of nitriles is 1. The summed E-state index contributed by atoms with van der Waals surface area (Å²) in [4.78, 5) is 4.83. The third kappa shape index (κ3) is 3.34.